The molecular formula is C16H22N2O2. The Bertz CT molecular complexity index is 501. The van der Waals surface area contributed by atoms with Crippen molar-refractivity contribution >= 4 is 5.69 Å². The number of fused-ring (bicyclic) bond motifs is 1. The van der Waals surface area contributed by atoms with E-state index in [0.29, 0.717) is 18.9 Å². The van der Waals surface area contributed by atoms with Crippen molar-refractivity contribution in [1.29, 1.82) is 0 Å². The molecule has 2 heterocycles. The van der Waals surface area contributed by atoms with Crippen molar-refractivity contribution in [2.45, 2.75) is 38.3 Å². The Morgan fingerprint density at radius 1 is 1.25 bits per heavy atom. The molecule has 20 heavy (non-hydrogen) atoms. The lowest BCUT2D eigenvalue weighted by Crippen LogP contribution is -2.57. The minimum absolute atomic E-state index is 0.349. The van der Waals surface area contributed by atoms with E-state index >= 15 is 0 Å². The standard InChI is InChI=1S/C16H22N2O2/c1-2-12-8-17-14(11-3-4-11)9-18(12)13-5-6-15-16(7-13)20-10-19-15/h5-7,11-12,14,17H,2-4,8-10H2,1H3. The zero-order chi connectivity index (χ0) is 13.5. The predicted octanol–water partition coefficient (Wildman–Crippen LogP) is 2.38. The Kier molecular flexibility index (Phi) is 2.99. The van der Waals surface area contributed by atoms with Crippen molar-refractivity contribution in [1.82, 2.24) is 5.32 Å². The van der Waals surface area contributed by atoms with E-state index in [1.165, 1.54) is 24.9 Å². The first-order chi connectivity index (χ1) is 9.85. The fourth-order valence-corrected chi connectivity index (χ4v) is 3.38. The molecule has 2 aliphatic heterocycles. The van der Waals surface area contributed by atoms with Gasteiger partial charge in [0.25, 0.3) is 0 Å². The number of nitrogens with zero attached hydrogens (tertiary/aromatic N) is 1. The van der Waals surface area contributed by atoms with Crippen molar-refractivity contribution in [3.8, 4) is 11.5 Å². The summed E-state index contributed by atoms with van der Waals surface area (Å²) in [5.41, 5.74) is 1.27. The molecular weight excluding hydrogens is 252 g/mol. The highest BCUT2D eigenvalue weighted by atomic mass is 16.7. The summed E-state index contributed by atoms with van der Waals surface area (Å²) in [6.45, 7) is 4.82. The van der Waals surface area contributed by atoms with E-state index in [4.69, 9.17) is 9.47 Å². The van der Waals surface area contributed by atoms with Gasteiger partial charge in [0.05, 0.1) is 0 Å². The summed E-state index contributed by atoms with van der Waals surface area (Å²) in [6, 6.07) is 7.58. The van der Waals surface area contributed by atoms with Crippen molar-refractivity contribution in [3.63, 3.8) is 0 Å². The molecule has 0 spiro atoms. The summed E-state index contributed by atoms with van der Waals surface area (Å²) in [4.78, 5) is 2.56. The summed E-state index contributed by atoms with van der Waals surface area (Å²) in [5, 5.41) is 3.74. The minimum Gasteiger partial charge on any atom is -0.454 e. The number of benzene rings is 1. The first-order valence-electron chi connectivity index (χ1n) is 7.75. The summed E-state index contributed by atoms with van der Waals surface area (Å²) in [7, 11) is 0. The van der Waals surface area contributed by atoms with Gasteiger partial charge < -0.3 is 19.7 Å². The van der Waals surface area contributed by atoms with Crippen LogP contribution in [0.15, 0.2) is 18.2 Å². The lowest BCUT2D eigenvalue weighted by Gasteiger charge is -2.42. The first-order valence-corrected chi connectivity index (χ1v) is 7.75. The number of piperazine rings is 1. The Morgan fingerprint density at radius 3 is 2.90 bits per heavy atom. The highest BCUT2D eigenvalue weighted by molar-refractivity contribution is 5.58. The van der Waals surface area contributed by atoms with Crippen LogP contribution >= 0.6 is 0 Å². The molecule has 0 amide bonds. The zero-order valence-corrected chi connectivity index (χ0v) is 12.0. The second-order valence-electron chi connectivity index (χ2n) is 6.10. The van der Waals surface area contributed by atoms with Gasteiger partial charge in [-0.2, -0.15) is 0 Å². The van der Waals surface area contributed by atoms with Crippen LogP contribution in [0.1, 0.15) is 26.2 Å². The fourth-order valence-electron chi connectivity index (χ4n) is 3.38. The smallest absolute Gasteiger partial charge is 0.231 e. The molecule has 1 aliphatic carbocycles. The average Bonchev–Trinajstić information content (AvgIpc) is 3.24. The lowest BCUT2D eigenvalue weighted by molar-refractivity contribution is 0.174. The molecule has 0 radical (unpaired) electrons. The van der Waals surface area contributed by atoms with E-state index in [1.54, 1.807) is 0 Å². The van der Waals surface area contributed by atoms with Gasteiger partial charge in [-0.3, -0.25) is 0 Å². The van der Waals surface area contributed by atoms with Crippen LogP contribution in [0.2, 0.25) is 0 Å². The van der Waals surface area contributed by atoms with Crippen molar-refractivity contribution in [2.24, 2.45) is 5.92 Å². The molecule has 1 saturated heterocycles. The van der Waals surface area contributed by atoms with Crippen LogP contribution in [0.3, 0.4) is 0 Å². The lowest BCUT2D eigenvalue weighted by atomic mass is 10.0. The monoisotopic (exact) mass is 274 g/mol. The van der Waals surface area contributed by atoms with Gasteiger partial charge in [-0.25, -0.2) is 0 Å². The van der Waals surface area contributed by atoms with E-state index in [1.807, 2.05) is 6.07 Å². The molecule has 2 unspecified atom stereocenters. The van der Waals surface area contributed by atoms with Crippen LogP contribution < -0.4 is 19.7 Å². The molecule has 4 rings (SSSR count). The normalized spacial score (nSPS) is 28.8. The molecule has 4 heteroatoms. The van der Waals surface area contributed by atoms with Crippen molar-refractivity contribution in [2.75, 3.05) is 24.8 Å². The van der Waals surface area contributed by atoms with E-state index in [2.05, 4.69) is 29.3 Å². The molecule has 2 fully saturated rings. The zero-order valence-electron chi connectivity index (χ0n) is 12.0. The third-order valence-electron chi connectivity index (χ3n) is 4.80. The van der Waals surface area contributed by atoms with E-state index in [0.717, 1.165) is 30.5 Å². The van der Waals surface area contributed by atoms with Gasteiger partial charge in [-0.15, -0.1) is 0 Å². The predicted molar refractivity (Wildman–Crippen MR) is 78.5 cm³/mol. The van der Waals surface area contributed by atoms with Gasteiger partial charge in [0.1, 0.15) is 0 Å². The maximum atomic E-state index is 5.52. The fraction of sp³-hybridized carbons (Fsp3) is 0.625. The van der Waals surface area contributed by atoms with Crippen molar-refractivity contribution in [3.05, 3.63) is 18.2 Å². The quantitative estimate of drug-likeness (QED) is 0.917. The van der Waals surface area contributed by atoms with E-state index < -0.39 is 0 Å². The highest BCUT2D eigenvalue weighted by Crippen LogP contribution is 2.39. The maximum absolute atomic E-state index is 5.52. The largest absolute Gasteiger partial charge is 0.454 e. The van der Waals surface area contributed by atoms with Crippen LogP contribution in [0.4, 0.5) is 5.69 Å². The summed E-state index contributed by atoms with van der Waals surface area (Å²) < 4.78 is 10.9. The third-order valence-corrected chi connectivity index (χ3v) is 4.80. The number of hydrogen-bond donors (Lipinski definition) is 1. The number of hydrogen-bond acceptors (Lipinski definition) is 4. The van der Waals surface area contributed by atoms with Gasteiger partial charge >= 0.3 is 0 Å². The number of rotatable bonds is 3. The van der Waals surface area contributed by atoms with Crippen LogP contribution in [0.5, 0.6) is 11.5 Å². The van der Waals surface area contributed by atoms with Crippen LogP contribution in [-0.2, 0) is 0 Å². The summed E-state index contributed by atoms with van der Waals surface area (Å²) >= 11 is 0. The van der Waals surface area contributed by atoms with Crippen LogP contribution in [0, 0.1) is 5.92 Å². The van der Waals surface area contributed by atoms with E-state index in [9.17, 15) is 0 Å². The Morgan fingerprint density at radius 2 is 2.10 bits per heavy atom. The first kappa shape index (κ1) is 12.3. The number of ether oxygens (including phenoxy) is 2. The second-order valence-corrected chi connectivity index (χ2v) is 6.10. The third kappa shape index (κ3) is 2.12. The van der Waals surface area contributed by atoms with Gasteiger partial charge in [0.15, 0.2) is 11.5 Å². The topological polar surface area (TPSA) is 33.7 Å². The molecule has 0 aromatic heterocycles. The molecule has 3 aliphatic rings. The van der Waals surface area contributed by atoms with Crippen LogP contribution in [0.25, 0.3) is 0 Å². The van der Waals surface area contributed by atoms with Gasteiger partial charge in [0, 0.05) is 36.9 Å². The molecule has 1 N–H and O–H groups in total. The number of nitrogens with one attached hydrogen (secondary N) is 1. The van der Waals surface area contributed by atoms with Gasteiger partial charge in [-0.05, 0) is 37.3 Å². The molecule has 1 aromatic rings. The molecule has 108 valence electrons. The maximum Gasteiger partial charge on any atom is 0.231 e. The Labute approximate surface area is 120 Å². The van der Waals surface area contributed by atoms with Gasteiger partial charge in [-0.1, -0.05) is 6.92 Å². The molecule has 4 nitrogen and oxygen atoms in total. The molecule has 1 saturated carbocycles. The van der Waals surface area contributed by atoms with Crippen molar-refractivity contribution < 1.29 is 9.47 Å². The number of anilines is 1. The molecule has 2 atom stereocenters. The molecule has 1 aromatic carbocycles. The SMILES string of the molecule is CCC1CNC(C2CC2)CN1c1ccc2c(c1)OCO2. The van der Waals surface area contributed by atoms with Crippen LogP contribution in [-0.4, -0.2) is 32.0 Å². The second kappa shape index (κ2) is 4.85. The van der Waals surface area contributed by atoms with E-state index in [-0.39, 0.29) is 0 Å². The van der Waals surface area contributed by atoms with Gasteiger partial charge in [0.2, 0.25) is 6.79 Å². The Balaban J connectivity index is 1.59. The Hall–Kier alpha value is -1.42. The minimum atomic E-state index is 0.349. The summed E-state index contributed by atoms with van der Waals surface area (Å²) in [6.07, 6.45) is 3.95. The average molecular weight is 274 g/mol. The molecule has 0 bridgehead atoms. The highest BCUT2D eigenvalue weighted by Gasteiger charge is 2.37. The summed E-state index contributed by atoms with van der Waals surface area (Å²) in [5.74, 6) is 2.65.